The summed E-state index contributed by atoms with van der Waals surface area (Å²) in [6.07, 6.45) is 2.27. The summed E-state index contributed by atoms with van der Waals surface area (Å²) < 4.78 is 22.1. The highest BCUT2D eigenvalue weighted by Gasteiger charge is 2.21. The number of hydrogen-bond acceptors (Lipinski definition) is 6. The minimum absolute atomic E-state index is 0.0355. The van der Waals surface area contributed by atoms with Crippen molar-refractivity contribution in [2.75, 3.05) is 7.11 Å². The van der Waals surface area contributed by atoms with E-state index in [9.17, 15) is 9.59 Å². The van der Waals surface area contributed by atoms with Gasteiger partial charge in [-0.05, 0) is 23.6 Å². The van der Waals surface area contributed by atoms with Gasteiger partial charge in [-0.15, -0.1) is 6.58 Å². The summed E-state index contributed by atoms with van der Waals surface area (Å²) in [5, 5.41) is 0. The van der Waals surface area contributed by atoms with Crippen molar-refractivity contribution in [1.29, 1.82) is 0 Å². The maximum absolute atomic E-state index is 11.4. The van der Waals surface area contributed by atoms with Crippen LogP contribution in [-0.2, 0) is 45.3 Å². The molecule has 2 rings (SSSR count). The Morgan fingerprint density at radius 2 is 1.59 bits per heavy atom. The molecule has 0 N–H and O–H groups in total. The largest absolute Gasteiger partial charge is 0.492 e. The van der Waals surface area contributed by atoms with E-state index in [1.54, 1.807) is 6.08 Å². The Kier molecular flexibility index (Phi) is 8.27. The van der Waals surface area contributed by atoms with Gasteiger partial charge in [-0.3, -0.25) is 9.59 Å². The standard InChI is InChI=1S/C23H26O6/c1-5-9-19-12-20(14-27-16(2)24)22(29-13-18-10-7-6-8-11-18)23(26-4)21(19)15-28-17(3)25/h5-8,10-12H,1,9,13-15H2,2-4H3. The minimum atomic E-state index is -0.396. The Hall–Kier alpha value is -3.28. The molecule has 0 atom stereocenters. The number of benzene rings is 2. The number of carbonyl (C=O) groups is 2. The number of rotatable bonds is 10. The van der Waals surface area contributed by atoms with Crippen LogP contribution >= 0.6 is 0 Å². The van der Waals surface area contributed by atoms with Crippen LogP contribution in [0.3, 0.4) is 0 Å². The van der Waals surface area contributed by atoms with Crippen molar-refractivity contribution in [2.45, 2.75) is 40.1 Å². The van der Waals surface area contributed by atoms with E-state index in [4.69, 9.17) is 18.9 Å². The first-order valence-corrected chi connectivity index (χ1v) is 9.22. The molecule has 154 valence electrons. The molecule has 0 aliphatic rings. The van der Waals surface area contributed by atoms with Gasteiger partial charge in [-0.25, -0.2) is 0 Å². The quantitative estimate of drug-likeness (QED) is 0.443. The van der Waals surface area contributed by atoms with Crippen molar-refractivity contribution < 1.29 is 28.5 Å². The van der Waals surface area contributed by atoms with Crippen molar-refractivity contribution in [3.63, 3.8) is 0 Å². The van der Waals surface area contributed by atoms with Crippen molar-refractivity contribution in [1.82, 2.24) is 0 Å². The van der Waals surface area contributed by atoms with E-state index in [0.717, 1.165) is 11.1 Å². The van der Waals surface area contributed by atoms with Crippen LogP contribution in [0.2, 0.25) is 0 Å². The molecule has 0 heterocycles. The second kappa shape index (κ2) is 10.9. The lowest BCUT2D eigenvalue weighted by Crippen LogP contribution is -2.10. The number of esters is 2. The van der Waals surface area contributed by atoms with Crippen LogP contribution in [0.4, 0.5) is 0 Å². The van der Waals surface area contributed by atoms with Gasteiger partial charge in [-0.2, -0.15) is 0 Å². The highest BCUT2D eigenvalue weighted by atomic mass is 16.5. The van der Waals surface area contributed by atoms with E-state index in [1.165, 1.54) is 21.0 Å². The topological polar surface area (TPSA) is 71.1 Å². The Labute approximate surface area is 171 Å². The van der Waals surface area contributed by atoms with E-state index >= 15 is 0 Å². The molecule has 0 amide bonds. The second-order valence-electron chi connectivity index (χ2n) is 6.36. The average Bonchev–Trinajstić information content (AvgIpc) is 2.70. The second-order valence-corrected chi connectivity index (χ2v) is 6.36. The predicted octanol–water partition coefficient (Wildman–Crippen LogP) is 4.13. The van der Waals surface area contributed by atoms with Gasteiger partial charge in [-0.1, -0.05) is 36.4 Å². The molecule has 0 fully saturated rings. The summed E-state index contributed by atoms with van der Waals surface area (Å²) in [6, 6.07) is 11.5. The third kappa shape index (κ3) is 6.38. The fraction of sp³-hybridized carbons (Fsp3) is 0.304. The SMILES string of the molecule is C=CCc1cc(COC(C)=O)c(OCc2ccccc2)c(OC)c1COC(C)=O. The lowest BCUT2D eigenvalue weighted by atomic mass is 9.99. The fourth-order valence-electron chi connectivity index (χ4n) is 2.85. The number of carbonyl (C=O) groups excluding carboxylic acids is 2. The van der Waals surface area contributed by atoms with Crippen LogP contribution in [0.1, 0.15) is 36.1 Å². The molecule has 6 heteroatoms. The molecule has 0 aromatic heterocycles. The van der Waals surface area contributed by atoms with E-state index in [1.807, 2.05) is 36.4 Å². The molecular formula is C23H26O6. The minimum Gasteiger partial charge on any atom is -0.492 e. The predicted molar refractivity (Wildman–Crippen MR) is 109 cm³/mol. The first-order chi connectivity index (χ1) is 14.0. The summed E-state index contributed by atoms with van der Waals surface area (Å²) in [5.41, 5.74) is 3.19. The van der Waals surface area contributed by atoms with E-state index in [2.05, 4.69) is 6.58 Å². The number of ether oxygens (including phenoxy) is 4. The summed E-state index contributed by atoms with van der Waals surface area (Å²) in [4.78, 5) is 22.7. The first-order valence-electron chi connectivity index (χ1n) is 9.22. The van der Waals surface area contributed by atoms with Gasteiger partial charge in [0.05, 0.1) is 7.11 Å². The Bertz CT molecular complexity index is 857. The van der Waals surface area contributed by atoms with Crippen LogP contribution in [0.25, 0.3) is 0 Å². The first kappa shape index (κ1) is 22.0. The summed E-state index contributed by atoms with van der Waals surface area (Å²) in [5.74, 6) is 0.107. The van der Waals surface area contributed by atoms with Crippen LogP contribution in [0.15, 0.2) is 49.1 Å². The van der Waals surface area contributed by atoms with E-state index in [-0.39, 0.29) is 13.2 Å². The molecule has 0 saturated heterocycles. The number of methoxy groups -OCH3 is 1. The highest BCUT2D eigenvalue weighted by molar-refractivity contribution is 5.67. The Morgan fingerprint density at radius 3 is 2.17 bits per heavy atom. The lowest BCUT2D eigenvalue weighted by molar-refractivity contribution is -0.143. The molecule has 0 saturated carbocycles. The molecule has 0 aliphatic carbocycles. The van der Waals surface area contributed by atoms with Crippen molar-refractivity contribution in [3.05, 3.63) is 71.3 Å². The zero-order valence-electron chi connectivity index (χ0n) is 17.0. The molecule has 6 nitrogen and oxygen atoms in total. The van der Waals surface area contributed by atoms with Gasteiger partial charge in [0.15, 0.2) is 11.5 Å². The van der Waals surface area contributed by atoms with Gasteiger partial charge < -0.3 is 18.9 Å². The highest BCUT2D eigenvalue weighted by Crippen LogP contribution is 2.39. The molecule has 0 unspecified atom stereocenters. The van der Waals surface area contributed by atoms with Gasteiger partial charge in [0.2, 0.25) is 0 Å². The maximum atomic E-state index is 11.4. The number of hydrogen-bond donors (Lipinski definition) is 0. The van der Waals surface area contributed by atoms with Crippen molar-refractivity contribution in [3.8, 4) is 11.5 Å². The van der Waals surface area contributed by atoms with Gasteiger partial charge in [0, 0.05) is 25.0 Å². The van der Waals surface area contributed by atoms with Crippen LogP contribution in [0.5, 0.6) is 11.5 Å². The summed E-state index contributed by atoms with van der Waals surface area (Å²) >= 11 is 0. The van der Waals surface area contributed by atoms with E-state index in [0.29, 0.717) is 35.7 Å². The molecule has 0 radical (unpaired) electrons. The Balaban J connectivity index is 2.50. The van der Waals surface area contributed by atoms with Crippen molar-refractivity contribution >= 4 is 11.9 Å². The smallest absolute Gasteiger partial charge is 0.302 e. The van der Waals surface area contributed by atoms with E-state index < -0.39 is 11.9 Å². The Morgan fingerprint density at radius 1 is 0.931 bits per heavy atom. The fourth-order valence-corrected chi connectivity index (χ4v) is 2.85. The third-order valence-electron chi connectivity index (χ3n) is 4.15. The zero-order chi connectivity index (χ0) is 21.2. The zero-order valence-corrected chi connectivity index (χ0v) is 17.0. The average molecular weight is 398 g/mol. The summed E-state index contributed by atoms with van der Waals surface area (Å²) in [6.45, 7) is 6.86. The van der Waals surface area contributed by atoms with Crippen molar-refractivity contribution in [2.24, 2.45) is 0 Å². The molecule has 2 aromatic rings. The molecule has 0 spiro atoms. The third-order valence-corrected chi connectivity index (χ3v) is 4.15. The monoisotopic (exact) mass is 398 g/mol. The normalized spacial score (nSPS) is 10.2. The molecule has 29 heavy (non-hydrogen) atoms. The van der Waals surface area contributed by atoms with Crippen LogP contribution in [0, 0.1) is 0 Å². The molecule has 0 aliphatic heterocycles. The molecule has 0 bridgehead atoms. The van der Waals surface area contributed by atoms with Gasteiger partial charge >= 0.3 is 11.9 Å². The van der Waals surface area contributed by atoms with Gasteiger partial charge in [0.25, 0.3) is 0 Å². The maximum Gasteiger partial charge on any atom is 0.302 e. The van der Waals surface area contributed by atoms with Crippen LogP contribution in [-0.4, -0.2) is 19.0 Å². The summed E-state index contributed by atoms with van der Waals surface area (Å²) in [7, 11) is 1.52. The number of allylic oxidation sites excluding steroid dienone is 1. The molecule has 2 aromatic carbocycles. The lowest BCUT2D eigenvalue weighted by Gasteiger charge is -2.21. The van der Waals surface area contributed by atoms with Gasteiger partial charge in [0.1, 0.15) is 19.8 Å². The molecular weight excluding hydrogens is 372 g/mol. The van der Waals surface area contributed by atoms with Crippen LogP contribution < -0.4 is 9.47 Å².